The third-order valence-electron chi connectivity index (χ3n) is 2.87. The summed E-state index contributed by atoms with van der Waals surface area (Å²) in [4.78, 5) is 11.8. The molecule has 16 heavy (non-hydrogen) atoms. The summed E-state index contributed by atoms with van der Waals surface area (Å²) in [6.45, 7) is 0. The summed E-state index contributed by atoms with van der Waals surface area (Å²) in [5.41, 5.74) is 12.6. The van der Waals surface area contributed by atoms with Crippen molar-refractivity contribution in [3.8, 4) is 0 Å². The van der Waals surface area contributed by atoms with E-state index in [1.54, 1.807) is 18.2 Å². The molecule has 0 unspecified atom stereocenters. The second-order valence-electron chi connectivity index (χ2n) is 4.16. The third kappa shape index (κ3) is 2.27. The first-order valence-electron chi connectivity index (χ1n) is 5.53. The Morgan fingerprint density at radius 1 is 1.25 bits per heavy atom. The topological polar surface area (TPSA) is 78.3 Å². The number of rotatable bonds is 2. The van der Waals surface area contributed by atoms with Crippen LogP contribution in [-0.4, -0.2) is 12.1 Å². The highest BCUT2D eigenvalue weighted by atomic mass is 16.5. The highest BCUT2D eigenvalue weighted by Crippen LogP contribution is 2.24. The summed E-state index contributed by atoms with van der Waals surface area (Å²) < 4.78 is 5.36. The van der Waals surface area contributed by atoms with Gasteiger partial charge < -0.3 is 16.2 Å². The Morgan fingerprint density at radius 3 is 2.56 bits per heavy atom. The van der Waals surface area contributed by atoms with E-state index in [1.165, 1.54) is 0 Å². The van der Waals surface area contributed by atoms with Crippen molar-refractivity contribution in [1.29, 1.82) is 0 Å². The standard InChI is InChI=1S/C12H16N2O2/c13-8-5-6-10(11(14)7-8)12(15)16-9-3-1-2-4-9/h5-7,9H,1-4,13-14H2. The zero-order valence-electron chi connectivity index (χ0n) is 9.11. The normalized spacial score (nSPS) is 16.2. The molecule has 0 bridgehead atoms. The van der Waals surface area contributed by atoms with Gasteiger partial charge in [0.1, 0.15) is 6.10 Å². The van der Waals surface area contributed by atoms with Gasteiger partial charge in [0.05, 0.1) is 5.56 Å². The predicted molar refractivity (Wildman–Crippen MR) is 62.9 cm³/mol. The molecule has 1 aromatic rings. The van der Waals surface area contributed by atoms with Gasteiger partial charge in [0, 0.05) is 11.4 Å². The van der Waals surface area contributed by atoms with Crippen LogP contribution in [0.25, 0.3) is 0 Å². The van der Waals surface area contributed by atoms with E-state index in [-0.39, 0.29) is 12.1 Å². The monoisotopic (exact) mass is 220 g/mol. The molecule has 0 radical (unpaired) electrons. The maximum absolute atomic E-state index is 11.8. The number of hydrogen-bond donors (Lipinski definition) is 2. The van der Waals surface area contributed by atoms with Crippen LogP contribution in [0.2, 0.25) is 0 Å². The number of benzene rings is 1. The van der Waals surface area contributed by atoms with Crippen molar-refractivity contribution >= 4 is 17.3 Å². The Kier molecular flexibility index (Phi) is 2.99. The second kappa shape index (κ2) is 4.43. The van der Waals surface area contributed by atoms with Crippen LogP contribution in [0.3, 0.4) is 0 Å². The average molecular weight is 220 g/mol. The fraction of sp³-hybridized carbons (Fsp3) is 0.417. The van der Waals surface area contributed by atoms with Gasteiger partial charge in [0.25, 0.3) is 0 Å². The maximum Gasteiger partial charge on any atom is 0.340 e. The molecule has 0 heterocycles. The molecular weight excluding hydrogens is 204 g/mol. The quantitative estimate of drug-likeness (QED) is 0.589. The zero-order valence-corrected chi connectivity index (χ0v) is 9.11. The van der Waals surface area contributed by atoms with Gasteiger partial charge in [-0.3, -0.25) is 0 Å². The number of anilines is 2. The number of carbonyl (C=O) groups excluding carboxylic acids is 1. The lowest BCUT2D eigenvalue weighted by Gasteiger charge is -2.12. The summed E-state index contributed by atoms with van der Waals surface area (Å²) in [5, 5.41) is 0. The molecule has 4 N–H and O–H groups in total. The molecule has 86 valence electrons. The predicted octanol–water partition coefficient (Wildman–Crippen LogP) is 1.95. The van der Waals surface area contributed by atoms with Gasteiger partial charge in [-0.05, 0) is 43.9 Å². The number of carbonyl (C=O) groups is 1. The number of esters is 1. The van der Waals surface area contributed by atoms with Gasteiger partial charge in [-0.25, -0.2) is 4.79 Å². The van der Waals surface area contributed by atoms with Crippen LogP contribution >= 0.6 is 0 Å². The van der Waals surface area contributed by atoms with Gasteiger partial charge in [-0.15, -0.1) is 0 Å². The molecule has 0 saturated heterocycles. The van der Waals surface area contributed by atoms with Crippen molar-refractivity contribution in [3.63, 3.8) is 0 Å². The minimum atomic E-state index is -0.343. The fourth-order valence-electron chi connectivity index (χ4n) is 1.99. The first kappa shape index (κ1) is 10.8. The molecular formula is C12H16N2O2. The Hall–Kier alpha value is -1.71. The van der Waals surface area contributed by atoms with E-state index in [1.807, 2.05) is 0 Å². The van der Waals surface area contributed by atoms with E-state index < -0.39 is 0 Å². The Labute approximate surface area is 94.6 Å². The lowest BCUT2D eigenvalue weighted by atomic mass is 10.1. The molecule has 2 rings (SSSR count). The van der Waals surface area contributed by atoms with Gasteiger partial charge in [0.15, 0.2) is 0 Å². The van der Waals surface area contributed by atoms with E-state index >= 15 is 0 Å². The van der Waals surface area contributed by atoms with Crippen molar-refractivity contribution in [1.82, 2.24) is 0 Å². The maximum atomic E-state index is 11.8. The first-order valence-corrected chi connectivity index (χ1v) is 5.53. The van der Waals surface area contributed by atoms with Crippen molar-refractivity contribution in [2.45, 2.75) is 31.8 Å². The molecule has 4 nitrogen and oxygen atoms in total. The van der Waals surface area contributed by atoms with Gasteiger partial charge in [0.2, 0.25) is 0 Å². The number of ether oxygens (including phenoxy) is 1. The van der Waals surface area contributed by atoms with Crippen LogP contribution in [0.5, 0.6) is 0 Å². The average Bonchev–Trinajstić information content (AvgIpc) is 2.70. The molecule has 1 fully saturated rings. The van der Waals surface area contributed by atoms with Gasteiger partial charge in [-0.2, -0.15) is 0 Å². The molecule has 1 saturated carbocycles. The highest BCUT2D eigenvalue weighted by molar-refractivity contribution is 5.95. The number of nitrogen functional groups attached to an aromatic ring is 2. The van der Waals surface area contributed by atoms with E-state index in [9.17, 15) is 4.79 Å². The number of nitrogens with two attached hydrogens (primary N) is 2. The van der Waals surface area contributed by atoms with Crippen molar-refractivity contribution in [3.05, 3.63) is 23.8 Å². The molecule has 1 aliphatic carbocycles. The first-order chi connectivity index (χ1) is 7.66. The van der Waals surface area contributed by atoms with E-state index in [0.29, 0.717) is 16.9 Å². The van der Waals surface area contributed by atoms with Crippen molar-refractivity contribution < 1.29 is 9.53 Å². The highest BCUT2D eigenvalue weighted by Gasteiger charge is 2.21. The Balaban J connectivity index is 2.08. The van der Waals surface area contributed by atoms with Crippen LogP contribution in [-0.2, 0) is 4.74 Å². The molecule has 0 atom stereocenters. The Bertz CT molecular complexity index is 398. The molecule has 0 spiro atoms. The molecule has 4 heteroatoms. The fourth-order valence-corrected chi connectivity index (χ4v) is 1.99. The van der Waals surface area contributed by atoms with Crippen LogP contribution in [0.15, 0.2) is 18.2 Å². The van der Waals surface area contributed by atoms with Crippen molar-refractivity contribution in [2.75, 3.05) is 11.5 Å². The number of hydrogen-bond acceptors (Lipinski definition) is 4. The Morgan fingerprint density at radius 2 is 1.94 bits per heavy atom. The van der Waals surface area contributed by atoms with E-state index in [0.717, 1.165) is 25.7 Å². The summed E-state index contributed by atoms with van der Waals surface area (Å²) >= 11 is 0. The lowest BCUT2D eigenvalue weighted by molar-refractivity contribution is 0.0319. The molecule has 1 aromatic carbocycles. The molecule has 0 aliphatic heterocycles. The summed E-state index contributed by atoms with van der Waals surface area (Å²) in [6, 6.07) is 4.84. The third-order valence-corrected chi connectivity index (χ3v) is 2.87. The largest absolute Gasteiger partial charge is 0.459 e. The summed E-state index contributed by atoms with van der Waals surface area (Å²) in [5.74, 6) is -0.343. The van der Waals surface area contributed by atoms with Gasteiger partial charge in [-0.1, -0.05) is 0 Å². The minimum absolute atomic E-state index is 0.0597. The second-order valence-corrected chi connectivity index (χ2v) is 4.16. The zero-order chi connectivity index (χ0) is 11.5. The summed E-state index contributed by atoms with van der Waals surface area (Å²) in [7, 11) is 0. The van der Waals surface area contributed by atoms with E-state index in [4.69, 9.17) is 16.2 Å². The van der Waals surface area contributed by atoms with Gasteiger partial charge >= 0.3 is 5.97 Å². The molecule has 0 amide bonds. The lowest BCUT2D eigenvalue weighted by Crippen LogP contribution is -2.16. The van der Waals surface area contributed by atoms with Crippen LogP contribution < -0.4 is 11.5 Å². The van der Waals surface area contributed by atoms with Crippen LogP contribution in [0, 0.1) is 0 Å². The summed E-state index contributed by atoms with van der Waals surface area (Å²) in [6.07, 6.45) is 4.25. The van der Waals surface area contributed by atoms with Crippen LogP contribution in [0.1, 0.15) is 36.0 Å². The molecule has 0 aromatic heterocycles. The smallest absolute Gasteiger partial charge is 0.340 e. The van der Waals surface area contributed by atoms with Crippen LogP contribution in [0.4, 0.5) is 11.4 Å². The molecule has 1 aliphatic rings. The SMILES string of the molecule is Nc1ccc(C(=O)OC2CCCC2)c(N)c1. The van der Waals surface area contributed by atoms with Crippen molar-refractivity contribution in [2.24, 2.45) is 0 Å². The minimum Gasteiger partial charge on any atom is -0.459 e. The van der Waals surface area contributed by atoms with E-state index in [2.05, 4.69) is 0 Å².